The first-order valence-corrected chi connectivity index (χ1v) is 11.8. The van der Waals surface area contributed by atoms with Crippen LogP contribution in [0, 0.1) is 0 Å². The van der Waals surface area contributed by atoms with Crippen molar-refractivity contribution in [1.29, 1.82) is 0 Å². The fourth-order valence-electron chi connectivity index (χ4n) is 4.09. The van der Waals surface area contributed by atoms with Gasteiger partial charge in [-0.05, 0) is 44.0 Å². The number of carbonyl (C=O) groups excluding carboxylic acids is 1. The van der Waals surface area contributed by atoms with Gasteiger partial charge in [0.1, 0.15) is 0 Å². The minimum absolute atomic E-state index is 0.0128. The molecule has 36 heavy (non-hydrogen) atoms. The molecule has 1 atom stereocenters. The number of rotatable bonds is 6. The molecular formula is C24H26ClF3N6O2. The van der Waals surface area contributed by atoms with Gasteiger partial charge in [0, 0.05) is 61.4 Å². The number of halogens is 4. The summed E-state index contributed by atoms with van der Waals surface area (Å²) >= 11 is 6.02. The van der Waals surface area contributed by atoms with Crippen molar-refractivity contribution in [3.8, 4) is 11.1 Å². The van der Waals surface area contributed by atoms with Crippen molar-refractivity contribution >= 4 is 23.6 Å². The van der Waals surface area contributed by atoms with E-state index in [1.165, 1.54) is 6.07 Å². The number of carbonyl (C=O) groups is 1. The van der Waals surface area contributed by atoms with Crippen molar-refractivity contribution in [3.05, 3.63) is 59.1 Å². The van der Waals surface area contributed by atoms with Crippen LogP contribution in [0.1, 0.15) is 31.4 Å². The first-order chi connectivity index (χ1) is 17.0. The number of hydrogen-bond acceptors (Lipinski definition) is 6. The Balaban J connectivity index is 1.63. The molecule has 1 unspecified atom stereocenters. The van der Waals surface area contributed by atoms with Gasteiger partial charge in [0.2, 0.25) is 5.95 Å². The number of ether oxygens (including phenoxy) is 1. The van der Waals surface area contributed by atoms with Crippen LogP contribution in [0.25, 0.3) is 11.1 Å². The van der Waals surface area contributed by atoms with Crippen LogP contribution in [0.2, 0.25) is 5.02 Å². The molecule has 12 heteroatoms. The van der Waals surface area contributed by atoms with Gasteiger partial charge in [-0.15, -0.1) is 0 Å². The third-order valence-electron chi connectivity index (χ3n) is 5.77. The summed E-state index contributed by atoms with van der Waals surface area (Å²) in [7, 11) is 1.80. The van der Waals surface area contributed by atoms with Crippen LogP contribution in [-0.2, 0) is 24.5 Å². The van der Waals surface area contributed by atoms with Gasteiger partial charge in [-0.3, -0.25) is 4.68 Å². The predicted octanol–water partition coefficient (Wildman–Crippen LogP) is 5.18. The molecule has 1 aliphatic rings. The molecule has 0 bridgehead atoms. The Labute approximate surface area is 211 Å². The van der Waals surface area contributed by atoms with E-state index in [1.807, 2.05) is 11.1 Å². The topological polar surface area (TPSA) is 76.4 Å². The second-order valence-electron chi connectivity index (χ2n) is 8.97. The largest absolute Gasteiger partial charge is 0.447 e. The summed E-state index contributed by atoms with van der Waals surface area (Å²) < 4.78 is 47.2. The highest BCUT2D eigenvalue weighted by molar-refractivity contribution is 6.30. The number of aryl methyl sites for hydroxylation is 1. The highest BCUT2D eigenvalue weighted by atomic mass is 35.5. The fourth-order valence-corrected chi connectivity index (χ4v) is 4.35. The Hall–Kier alpha value is -3.34. The number of aromatic nitrogens is 4. The van der Waals surface area contributed by atoms with Gasteiger partial charge >= 0.3 is 12.3 Å². The molecule has 1 amide bonds. The molecule has 1 fully saturated rings. The summed E-state index contributed by atoms with van der Waals surface area (Å²) in [5, 5.41) is 4.14. The zero-order chi connectivity index (χ0) is 26.0. The van der Waals surface area contributed by atoms with Crippen LogP contribution >= 0.6 is 11.6 Å². The molecule has 3 aromatic rings. The van der Waals surface area contributed by atoms with E-state index in [2.05, 4.69) is 15.1 Å². The lowest BCUT2D eigenvalue weighted by molar-refractivity contribution is -0.137. The van der Waals surface area contributed by atoms with E-state index in [4.69, 9.17) is 16.3 Å². The molecule has 1 aromatic carbocycles. The molecule has 0 spiro atoms. The lowest BCUT2D eigenvalue weighted by Crippen LogP contribution is -2.40. The zero-order valence-electron chi connectivity index (χ0n) is 20.0. The monoisotopic (exact) mass is 522 g/mol. The van der Waals surface area contributed by atoms with Crippen LogP contribution in [0.5, 0.6) is 0 Å². The highest BCUT2D eigenvalue weighted by Gasteiger charge is 2.34. The van der Waals surface area contributed by atoms with Crippen molar-refractivity contribution in [2.75, 3.05) is 18.0 Å². The average molecular weight is 523 g/mol. The number of hydrogen-bond donors (Lipinski definition) is 0. The second-order valence-corrected chi connectivity index (χ2v) is 9.41. The number of nitrogens with zero attached hydrogens (tertiary/aromatic N) is 6. The van der Waals surface area contributed by atoms with Gasteiger partial charge in [-0.1, -0.05) is 11.6 Å². The molecule has 2 aromatic heterocycles. The molecule has 3 heterocycles. The Bertz CT molecular complexity index is 1220. The Kier molecular flexibility index (Phi) is 7.39. The zero-order valence-corrected chi connectivity index (χ0v) is 20.8. The summed E-state index contributed by atoms with van der Waals surface area (Å²) in [6, 6.07) is 3.23. The first kappa shape index (κ1) is 25.7. The van der Waals surface area contributed by atoms with Gasteiger partial charge in [-0.2, -0.15) is 18.3 Å². The predicted molar refractivity (Wildman–Crippen MR) is 128 cm³/mol. The van der Waals surface area contributed by atoms with E-state index in [0.29, 0.717) is 31.0 Å². The molecule has 0 saturated carbocycles. The first-order valence-electron chi connectivity index (χ1n) is 11.4. The van der Waals surface area contributed by atoms with Crippen molar-refractivity contribution in [3.63, 3.8) is 0 Å². The average Bonchev–Trinajstić information content (AvgIpc) is 3.46. The van der Waals surface area contributed by atoms with Gasteiger partial charge in [0.25, 0.3) is 0 Å². The Morgan fingerprint density at radius 1 is 1.19 bits per heavy atom. The molecule has 0 radical (unpaired) electrons. The quantitative estimate of drug-likeness (QED) is 0.444. The molecule has 1 saturated heterocycles. The van der Waals surface area contributed by atoms with Crippen molar-refractivity contribution in [2.45, 2.75) is 45.1 Å². The SMILES string of the molecule is CC(C)OC(=O)N1CCC(N(Cc2cc(Cl)cc(C(F)(F)F)c2)c2ncc(-c3cnn(C)c3)cn2)C1. The number of anilines is 1. The van der Waals surface area contributed by atoms with Gasteiger partial charge in [0.15, 0.2) is 0 Å². The van der Waals surface area contributed by atoms with Gasteiger partial charge in [0.05, 0.1) is 23.9 Å². The number of amides is 1. The van der Waals surface area contributed by atoms with Gasteiger partial charge in [-0.25, -0.2) is 14.8 Å². The lowest BCUT2D eigenvalue weighted by Gasteiger charge is -2.29. The minimum atomic E-state index is -4.53. The number of alkyl halides is 3. The molecule has 0 N–H and O–H groups in total. The van der Waals surface area contributed by atoms with Crippen LogP contribution in [0.15, 0.2) is 43.0 Å². The molecule has 0 aliphatic carbocycles. The smallest absolute Gasteiger partial charge is 0.416 e. The summed E-state index contributed by atoms with van der Waals surface area (Å²) in [4.78, 5) is 24.8. The van der Waals surface area contributed by atoms with Crippen molar-refractivity contribution < 1.29 is 22.7 Å². The summed E-state index contributed by atoms with van der Waals surface area (Å²) in [5.74, 6) is 0.334. The van der Waals surface area contributed by atoms with E-state index >= 15 is 0 Å². The van der Waals surface area contributed by atoms with E-state index in [-0.39, 0.29) is 23.7 Å². The number of benzene rings is 1. The van der Waals surface area contributed by atoms with Crippen LogP contribution < -0.4 is 4.90 Å². The second kappa shape index (κ2) is 10.3. The number of likely N-dealkylation sites (tertiary alicyclic amines) is 1. The normalized spacial score (nSPS) is 16.0. The Morgan fingerprint density at radius 2 is 1.92 bits per heavy atom. The van der Waals surface area contributed by atoms with E-state index in [1.54, 1.807) is 49.1 Å². The summed E-state index contributed by atoms with van der Waals surface area (Å²) in [6.45, 7) is 4.39. The van der Waals surface area contributed by atoms with Gasteiger partial charge < -0.3 is 14.5 Å². The molecular weight excluding hydrogens is 497 g/mol. The third-order valence-corrected chi connectivity index (χ3v) is 5.99. The maximum Gasteiger partial charge on any atom is 0.416 e. The maximum absolute atomic E-state index is 13.4. The van der Waals surface area contributed by atoms with E-state index in [0.717, 1.165) is 23.3 Å². The molecule has 192 valence electrons. The van der Waals surface area contributed by atoms with Crippen molar-refractivity contribution in [1.82, 2.24) is 24.6 Å². The lowest BCUT2D eigenvalue weighted by atomic mass is 10.1. The Morgan fingerprint density at radius 3 is 2.53 bits per heavy atom. The van der Waals surface area contributed by atoms with E-state index < -0.39 is 17.8 Å². The molecule has 4 rings (SSSR count). The standard InChI is InChI=1S/C24H26ClF3N6O2/c1-15(2)36-23(35)33-5-4-21(14-33)34(12-16-6-19(24(26,27)28)8-20(25)7-16)22-29-9-17(10-30-22)18-11-31-32(3)13-18/h6-11,13,15,21H,4-5,12,14H2,1-3H3. The summed E-state index contributed by atoms with van der Waals surface area (Å²) in [6.07, 6.45) is 2.17. The highest BCUT2D eigenvalue weighted by Crippen LogP contribution is 2.33. The van der Waals surface area contributed by atoms with Crippen LogP contribution in [0.4, 0.5) is 23.9 Å². The minimum Gasteiger partial charge on any atom is -0.447 e. The van der Waals surface area contributed by atoms with E-state index in [9.17, 15) is 18.0 Å². The third kappa shape index (κ3) is 6.07. The molecule has 1 aliphatic heterocycles. The molecule has 8 nitrogen and oxygen atoms in total. The van der Waals surface area contributed by atoms with Crippen molar-refractivity contribution in [2.24, 2.45) is 7.05 Å². The summed E-state index contributed by atoms with van der Waals surface area (Å²) in [5.41, 5.74) is 1.12. The van der Waals surface area contributed by atoms with Crippen LogP contribution in [0.3, 0.4) is 0 Å². The fraction of sp³-hybridized carbons (Fsp3) is 0.417. The van der Waals surface area contributed by atoms with Crippen LogP contribution in [-0.4, -0.2) is 56.0 Å². The maximum atomic E-state index is 13.4.